The summed E-state index contributed by atoms with van der Waals surface area (Å²) in [5, 5.41) is 3.65. The van der Waals surface area contributed by atoms with Gasteiger partial charge in [0.1, 0.15) is 0 Å². The van der Waals surface area contributed by atoms with Crippen LogP contribution in [0.1, 0.15) is 17.9 Å². The third-order valence-corrected chi connectivity index (χ3v) is 3.86. The standard InChI is InChI=1S/C14H20N2O/c1-2-4-12(5-3-1)13-6-7-15-14(13)16-8-10-17-11-9-16/h1-5,13-15H,6-11H2/t13-,14+/m1/s1. The van der Waals surface area contributed by atoms with Crippen LogP contribution in [0.2, 0.25) is 0 Å². The molecule has 2 aliphatic heterocycles. The van der Waals surface area contributed by atoms with E-state index in [0.717, 1.165) is 32.8 Å². The Hall–Kier alpha value is -0.900. The van der Waals surface area contributed by atoms with E-state index in [1.165, 1.54) is 12.0 Å². The number of hydrogen-bond donors (Lipinski definition) is 1. The molecule has 92 valence electrons. The number of nitrogens with one attached hydrogen (secondary N) is 1. The van der Waals surface area contributed by atoms with Crippen molar-refractivity contribution >= 4 is 0 Å². The van der Waals surface area contributed by atoms with Crippen LogP contribution >= 0.6 is 0 Å². The van der Waals surface area contributed by atoms with E-state index in [4.69, 9.17) is 4.74 Å². The number of benzene rings is 1. The van der Waals surface area contributed by atoms with Gasteiger partial charge in [-0.15, -0.1) is 0 Å². The molecule has 0 aromatic heterocycles. The minimum atomic E-state index is 0.501. The Morgan fingerprint density at radius 2 is 1.88 bits per heavy atom. The zero-order valence-electron chi connectivity index (χ0n) is 10.1. The van der Waals surface area contributed by atoms with Gasteiger partial charge in [-0.05, 0) is 18.5 Å². The minimum absolute atomic E-state index is 0.501. The molecule has 1 N–H and O–H groups in total. The predicted molar refractivity (Wildman–Crippen MR) is 68.0 cm³/mol. The summed E-state index contributed by atoms with van der Waals surface area (Å²) in [7, 11) is 0. The highest BCUT2D eigenvalue weighted by atomic mass is 16.5. The van der Waals surface area contributed by atoms with Crippen LogP contribution in [0.4, 0.5) is 0 Å². The van der Waals surface area contributed by atoms with Crippen molar-refractivity contribution in [3.63, 3.8) is 0 Å². The van der Waals surface area contributed by atoms with Crippen molar-refractivity contribution in [1.82, 2.24) is 10.2 Å². The Morgan fingerprint density at radius 1 is 1.12 bits per heavy atom. The zero-order valence-corrected chi connectivity index (χ0v) is 10.1. The van der Waals surface area contributed by atoms with Crippen LogP contribution in [0, 0.1) is 0 Å². The van der Waals surface area contributed by atoms with Crippen molar-refractivity contribution in [3.05, 3.63) is 35.9 Å². The molecule has 1 aromatic rings. The third kappa shape index (κ3) is 2.37. The quantitative estimate of drug-likeness (QED) is 0.834. The molecule has 0 radical (unpaired) electrons. The van der Waals surface area contributed by atoms with Gasteiger partial charge in [-0.3, -0.25) is 4.90 Å². The molecule has 2 heterocycles. The van der Waals surface area contributed by atoms with Crippen LogP contribution in [0.15, 0.2) is 30.3 Å². The van der Waals surface area contributed by atoms with Gasteiger partial charge in [0.15, 0.2) is 0 Å². The molecular weight excluding hydrogens is 212 g/mol. The summed E-state index contributed by atoms with van der Waals surface area (Å²) in [4.78, 5) is 2.54. The van der Waals surface area contributed by atoms with Gasteiger partial charge in [-0.1, -0.05) is 30.3 Å². The summed E-state index contributed by atoms with van der Waals surface area (Å²) in [5.74, 6) is 0.634. The van der Waals surface area contributed by atoms with Crippen molar-refractivity contribution in [1.29, 1.82) is 0 Å². The number of morpholine rings is 1. The summed E-state index contributed by atoms with van der Waals surface area (Å²) < 4.78 is 5.43. The normalized spacial score (nSPS) is 30.6. The molecule has 2 saturated heterocycles. The summed E-state index contributed by atoms with van der Waals surface area (Å²) in [6.45, 7) is 4.99. The van der Waals surface area contributed by atoms with Crippen LogP contribution in [0.25, 0.3) is 0 Å². The Balaban J connectivity index is 1.75. The lowest BCUT2D eigenvalue weighted by molar-refractivity contribution is 0.00953. The first-order chi connectivity index (χ1) is 8.45. The van der Waals surface area contributed by atoms with Crippen LogP contribution in [-0.2, 0) is 4.74 Å². The molecule has 2 aliphatic rings. The minimum Gasteiger partial charge on any atom is -0.379 e. The molecule has 2 fully saturated rings. The first-order valence-electron chi connectivity index (χ1n) is 6.55. The van der Waals surface area contributed by atoms with Gasteiger partial charge in [0.05, 0.1) is 19.4 Å². The van der Waals surface area contributed by atoms with Gasteiger partial charge in [-0.2, -0.15) is 0 Å². The maximum Gasteiger partial charge on any atom is 0.0669 e. The fraction of sp³-hybridized carbons (Fsp3) is 0.571. The number of ether oxygens (including phenoxy) is 1. The summed E-state index contributed by atoms with van der Waals surface area (Å²) in [5.41, 5.74) is 1.47. The smallest absolute Gasteiger partial charge is 0.0669 e. The number of hydrogen-bond acceptors (Lipinski definition) is 3. The molecule has 0 aliphatic carbocycles. The van der Waals surface area contributed by atoms with Crippen LogP contribution in [0.5, 0.6) is 0 Å². The first kappa shape index (κ1) is 11.2. The maximum absolute atomic E-state index is 5.43. The summed E-state index contributed by atoms with van der Waals surface area (Å²) in [6, 6.07) is 10.9. The molecule has 0 amide bonds. The van der Waals surface area contributed by atoms with E-state index in [1.54, 1.807) is 0 Å². The van der Waals surface area contributed by atoms with Gasteiger partial charge < -0.3 is 10.1 Å². The van der Waals surface area contributed by atoms with E-state index in [0.29, 0.717) is 12.1 Å². The predicted octanol–water partition coefficient (Wildman–Crippen LogP) is 1.42. The first-order valence-corrected chi connectivity index (χ1v) is 6.55. The molecule has 1 aromatic carbocycles. The van der Waals surface area contributed by atoms with E-state index in [1.807, 2.05) is 0 Å². The van der Waals surface area contributed by atoms with Crippen LogP contribution in [0.3, 0.4) is 0 Å². The fourth-order valence-electron chi connectivity index (χ4n) is 2.98. The van der Waals surface area contributed by atoms with Crippen LogP contribution < -0.4 is 5.32 Å². The van der Waals surface area contributed by atoms with Crippen molar-refractivity contribution in [2.24, 2.45) is 0 Å². The second-order valence-corrected chi connectivity index (χ2v) is 4.85. The Morgan fingerprint density at radius 3 is 2.65 bits per heavy atom. The number of rotatable bonds is 2. The molecule has 0 saturated carbocycles. The highest BCUT2D eigenvalue weighted by molar-refractivity contribution is 5.22. The number of nitrogens with zero attached hydrogens (tertiary/aromatic N) is 1. The van der Waals surface area contributed by atoms with E-state index in [9.17, 15) is 0 Å². The van der Waals surface area contributed by atoms with Crippen molar-refractivity contribution < 1.29 is 4.74 Å². The molecule has 3 nitrogen and oxygen atoms in total. The molecule has 0 unspecified atom stereocenters. The summed E-state index contributed by atoms with van der Waals surface area (Å²) >= 11 is 0. The zero-order chi connectivity index (χ0) is 11.5. The van der Waals surface area contributed by atoms with Gasteiger partial charge in [0.25, 0.3) is 0 Å². The fourth-order valence-corrected chi connectivity index (χ4v) is 2.98. The van der Waals surface area contributed by atoms with Crippen LogP contribution in [-0.4, -0.2) is 43.9 Å². The Bertz CT molecular complexity index is 348. The highest BCUT2D eigenvalue weighted by Gasteiger charge is 2.33. The maximum atomic E-state index is 5.43. The van der Waals surface area contributed by atoms with E-state index in [2.05, 4.69) is 40.5 Å². The summed E-state index contributed by atoms with van der Waals surface area (Å²) in [6.07, 6.45) is 1.74. The van der Waals surface area contributed by atoms with E-state index >= 15 is 0 Å². The van der Waals surface area contributed by atoms with E-state index < -0.39 is 0 Å². The largest absolute Gasteiger partial charge is 0.379 e. The lowest BCUT2D eigenvalue weighted by Crippen LogP contribution is -2.49. The van der Waals surface area contributed by atoms with Crippen molar-refractivity contribution in [3.8, 4) is 0 Å². The Labute approximate surface area is 103 Å². The average molecular weight is 232 g/mol. The van der Waals surface area contributed by atoms with Gasteiger partial charge in [0, 0.05) is 19.0 Å². The monoisotopic (exact) mass is 232 g/mol. The molecule has 3 heteroatoms. The lowest BCUT2D eigenvalue weighted by Gasteiger charge is -2.35. The molecular formula is C14H20N2O. The average Bonchev–Trinajstić information content (AvgIpc) is 2.90. The van der Waals surface area contributed by atoms with E-state index in [-0.39, 0.29) is 0 Å². The molecule has 17 heavy (non-hydrogen) atoms. The van der Waals surface area contributed by atoms with Crippen molar-refractivity contribution in [2.75, 3.05) is 32.8 Å². The molecule has 0 spiro atoms. The Kier molecular flexibility index (Phi) is 3.41. The topological polar surface area (TPSA) is 24.5 Å². The third-order valence-electron chi connectivity index (χ3n) is 3.86. The van der Waals surface area contributed by atoms with Gasteiger partial charge in [0.2, 0.25) is 0 Å². The second kappa shape index (κ2) is 5.17. The lowest BCUT2D eigenvalue weighted by atomic mass is 9.95. The van der Waals surface area contributed by atoms with Gasteiger partial charge in [-0.25, -0.2) is 0 Å². The SMILES string of the molecule is c1ccc([C@H]2CCN[C@H]2N2CCOCC2)cc1. The molecule has 2 atom stereocenters. The second-order valence-electron chi connectivity index (χ2n) is 4.85. The highest BCUT2D eigenvalue weighted by Crippen LogP contribution is 2.29. The van der Waals surface area contributed by atoms with Gasteiger partial charge >= 0.3 is 0 Å². The van der Waals surface area contributed by atoms with Crippen molar-refractivity contribution in [2.45, 2.75) is 18.5 Å². The molecule has 0 bridgehead atoms. The molecule has 3 rings (SSSR count).